The lowest BCUT2D eigenvalue weighted by Gasteiger charge is -2.15. The Bertz CT molecular complexity index is 434. The van der Waals surface area contributed by atoms with Gasteiger partial charge in [-0.1, -0.05) is 28.1 Å². The molecule has 0 saturated carbocycles. The lowest BCUT2D eigenvalue weighted by Crippen LogP contribution is -2.18. The summed E-state index contributed by atoms with van der Waals surface area (Å²) in [5, 5.41) is 0. The molecule has 0 radical (unpaired) electrons. The van der Waals surface area contributed by atoms with Gasteiger partial charge < -0.3 is 4.74 Å². The molecule has 94 valence electrons. The third kappa shape index (κ3) is 3.92. The molecule has 7 heteroatoms. The van der Waals surface area contributed by atoms with E-state index in [0.29, 0.717) is 5.56 Å². The Kier molecular flexibility index (Phi) is 4.48. The Morgan fingerprint density at radius 3 is 2.53 bits per heavy atom. The summed E-state index contributed by atoms with van der Waals surface area (Å²) in [7, 11) is 0. The van der Waals surface area contributed by atoms with Gasteiger partial charge in [0.2, 0.25) is 0 Å². The van der Waals surface area contributed by atoms with Gasteiger partial charge in [-0.3, -0.25) is 4.79 Å². The van der Waals surface area contributed by atoms with Crippen LogP contribution < -0.4 is 4.74 Å². The summed E-state index contributed by atoms with van der Waals surface area (Å²) in [6.45, 7) is 1.32. The molecule has 0 saturated heterocycles. The van der Waals surface area contributed by atoms with E-state index in [1.54, 1.807) is 0 Å². The van der Waals surface area contributed by atoms with Gasteiger partial charge in [0.15, 0.2) is 0 Å². The second-order valence-electron chi connectivity index (χ2n) is 3.21. The fourth-order valence-corrected chi connectivity index (χ4v) is 2.05. The Morgan fingerprint density at radius 2 is 2.06 bits per heavy atom. The molecule has 1 aromatic rings. The molecule has 1 unspecified atom stereocenters. The summed E-state index contributed by atoms with van der Waals surface area (Å²) in [6, 6.07) is 4.01. The van der Waals surface area contributed by atoms with E-state index >= 15 is 0 Å². The first-order chi connectivity index (χ1) is 7.72. The molecule has 1 rings (SSSR count). The molecule has 1 atom stereocenters. The minimum Gasteiger partial charge on any atom is -0.405 e. The molecule has 0 spiro atoms. The highest BCUT2D eigenvalue weighted by molar-refractivity contribution is 9.09. The first-order valence-electron chi connectivity index (χ1n) is 4.44. The fraction of sp³-hybridized carbons (Fsp3) is 0.300. The maximum Gasteiger partial charge on any atom is 0.573 e. The van der Waals surface area contributed by atoms with Crippen molar-refractivity contribution in [2.24, 2.45) is 0 Å². The van der Waals surface area contributed by atoms with Crippen molar-refractivity contribution in [2.75, 3.05) is 0 Å². The number of halogens is 4. The Balaban J connectivity index is 3.12. The van der Waals surface area contributed by atoms with Gasteiger partial charge in [-0.15, -0.1) is 25.8 Å². The molecule has 0 N–H and O–H groups in total. The molecule has 0 bridgehead atoms. The van der Waals surface area contributed by atoms with Crippen molar-refractivity contribution in [2.45, 2.75) is 23.0 Å². The van der Waals surface area contributed by atoms with Gasteiger partial charge in [-0.2, -0.15) is 0 Å². The van der Waals surface area contributed by atoms with Gasteiger partial charge in [-0.25, -0.2) is 0 Å². The highest BCUT2D eigenvalue weighted by atomic mass is 79.9. The maximum atomic E-state index is 12.1. The quantitative estimate of drug-likeness (QED) is 0.672. The molecule has 0 aromatic heterocycles. The molecule has 0 aliphatic carbocycles. The van der Waals surface area contributed by atoms with Crippen LogP contribution in [0.5, 0.6) is 5.75 Å². The predicted molar refractivity (Wildman–Crippen MR) is 62.7 cm³/mol. The second-order valence-corrected chi connectivity index (χ2v) is 4.58. The number of rotatable bonds is 3. The standard InChI is InChI=1S/C10H8BrF3O2S/c1-5(15)8(11)6-3-2-4-7(9(6)17)16-10(12,13)14/h2-4,8,17H,1H3. The van der Waals surface area contributed by atoms with E-state index in [2.05, 4.69) is 33.3 Å². The third-order valence-electron chi connectivity index (χ3n) is 1.89. The molecule has 0 amide bonds. The van der Waals surface area contributed by atoms with E-state index < -0.39 is 16.9 Å². The van der Waals surface area contributed by atoms with E-state index in [-0.39, 0.29) is 10.7 Å². The van der Waals surface area contributed by atoms with Crippen LogP contribution in [0.1, 0.15) is 17.3 Å². The fourth-order valence-electron chi connectivity index (χ4n) is 1.17. The van der Waals surface area contributed by atoms with Crippen molar-refractivity contribution in [3.05, 3.63) is 23.8 Å². The van der Waals surface area contributed by atoms with Crippen molar-refractivity contribution in [3.8, 4) is 5.75 Å². The van der Waals surface area contributed by atoms with E-state index in [1.807, 2.05) is 0 Å². The lowest BCUT2D eigenvalue weighted by atomic mass is 10.1. The largest absolute Gasteiger partial charge is 0.573 e. The van der Waals surface area contributed by atoms with Gasteiger partial charge in [0.1, 0.15) is 11.5 Å². The van der Waals surface area contributed by atoms with Crippen molar-refractivity contribution in [3.63, 3.8) is 0 Å². The van der Waals surface area contributed by atoms with Crippen molar-refractivity contribution < 1.29 is 22.7 Å². The smallest absolute Gasteiger partial charge is 0.405 e. The average Bonchev–Trinajstić information content (AvgIpc) is 2.18. The summed E-state index contributed by atoms with van der Waals surface area (Å²) >= 11 is 7.03. The number of ketones is 1. The second kappa shape index (κ2) is 5.30. The molecule has 0 aliphatic heterocycles. The summed E-state index contributed by atoms with van der Waals surface area (Å²) in [6.07, 6.45) is -4.78. The van der Waals surface area contributed by atoms with Crippen LogP contribution in [0.4, 0.5) is 13.2 Å². The van der Waals surface area contributed by atoms with E-state index in [0.717, 1.165) is 6.07 Å². The van der Waals surface area contributed by atoms with Crippen LogP contribution in [0, 0.1) is 0 Å². The summed E-state index contributed by atoms with van der Waals surface area (Å²) < 4.78 is 40.0. The van der Waals surface area contributed by atoms with Crippen molar-refractivity contribution >= 4 is 34.3 Å². The predicted octanol–water partition coefficient (Wildman–Crippen LogP) is 3.90. The van der Waals surface area contributed by atoms with E-state index in [1.165, 1.54) is 19.1 Å². The van der Waals surface area contributed by atoms with Crippen LogP contribution in [0.2, 0.25) is 0 Å². The van der Waals surface area contributed by atoms with Gasteiger partial charge >= 0.3 is 6.36 Å². The number of benzene rings is 1. The first-order valence-corrected chi connectivity index (χ1v) is 5.81. The number of hydrogen-bond donors (Lipinski definition) is 1. The topological polar surface area (TPSA) is 26.3 Å². The highest BCUT2D eigenvalue weighted by Crippen LogP contribution is 2.36. The van der Waals surface area contributed by atoms with E-state index in [9.17, 15) is 18.0 Å². The first kappa shape index (κ1) is 14.4. The normalized spacial score (nSPS) is 13.3. The third-order valence-corrected chi connectivity index (χ3v) is 3.50. The molecule has 17 heavy (non-hydrogen) atoms. The van der Waals surface area contributed by atoms with Gasteiger partial charge in [0.05, 0.1) is 9.72 Å². The molecule has 2 nitrogen and oxygen atoms in total. The maximum absolute atomic E-state index is 12.1. The summed E-state index contributed by atoms with van der Waals surface area (Å²) in [4.78, 5) is 10.4. The minimum absolute atomic E-state index is 0.0121. The zero-order valence-electron chi connectivity index (χ0n) is 8.58. The minimum atomic E-state index is -4.78. The van der Waals surface area contributed by atoms with Crippen LogP contribution in [-0.2, 0) is 4.79 Å². The van der Waals surface area contributed by atoms with E-state index in [4.69, 9.17) is 0 Å². The zero-order chi connectivity index (χ0) is 13.2. The number of hydrogen-bond acceptors (Lipinski definition) is 3. The monoisotopic (exact) mass is 328 g/mol. The lowest BCUT2D eigenvalue weighted by molar-refractivity contribution is -0.275. The van der Waals surface area contributed by atoms with Crippen LogP contribution in [0.15, 0.2) is 23.1 Å². The summed E-state index contributed by atoms with van der Waals surface area (Å²) in [5.74, 6) is -0.659. The van der Waals surface area contributed by atoms with Crippen LogP contribution in [0.25, 0.3) is 0 Å². The van der Waals surface area contributed by atoms with Crippen LogP contribution in [-0.4, -0.2) is 12.1 Å². The molecular weight excluding hydrogens is 321 g/mol. The van der Waals surface area contributed by atoms with Crippen LogP contribution >= 0.6 is 28.6 Å². The van der Waals surface area contributed by atoms with Crippen molar-refractivity contribution in [1.82, 2.24) is 0 Å². The number of carbonyl (C=O) groups is 1. The molecule has 0 heterocycles. The number of alkyl halides is 4. The number of Topliss-reactive ketones (excluding diaryl/α,β-unsaturated/α-hetero) is 1. The zero-order valence-corrected chi connectivity index (χ0v) is 11.1. The van der Waals surface area contributed by atoms with Crippen LogP contribution in [0.3, 0.4) is 0 Å². The highest BCUT2D eigenvalue weighted by Gasteiger charge is 2.32. The van der Waals surface area contributed by atoms with Gasteiger partial charge in [0, 0.05) is 0 Å². The molecular formula is C10H8BrF3O2S. The van der Waals surface area contributed by atoms with Gasteiger partial charge in [-0.05, 0) is 18.6 Å². The number of thiol groups is 1. The molecule has 0 fully saturated rings. The number of ether oxygens (including phenoxy) is 1. The average molecular weight is 329 g/mol. The Hall–Kier alpha value is -0.690. The SMILES string of the molecule is CC(=O)C(Br)c1cccc(OC(F)(F)F)c1S. The molecule has 0 aliphatic rings. The summed E-state index contributed by atoms with van der Waals surface area (Å²) in [5.41, 5.74) is 0.336. The van der Waals surface area contributed by atoms with Gasteiger partial charge in [0.25, 0.3) is 0 Å². The van der Waals surface area contributed by atoms with Crippen molar-refractivity contribution in [1.29, 1.82) is 0 Å². The molecule has 1 aromatic carbocycles. The number of carbonyl (C=O) groups excluding carboxylic acids is 1. The Morgan fingerprint density at radius 1 is 1.47 bits per heavy atom. The Labute approximate surface area is 110 Å².